The number of hydrogen-bond donors (Lipinski definition) is 3. The van der Waals surface area contributed by atoms with Crippen LogP contribution in [0.3, 0.4) is 0 Å². The Kier molecular flexibility index (Phi) is 20.8. The van der Waals surface area contributed by atoms with Crippen LogP contribution in [0.2, 0.25) is 10.0 Å². The van der Waals surface area contributed by atoms with E-state index in [0.717, 1.165) is 49.9 Å². The molecule has 448 valence electrons. The Morgan fingerprint density at radius 3 is 2.11 bits per heavy atom. The number of amides is 2. The van der Waals surface area contributed by atoms with Crippen LogP contribution in [0.4, 0.5) is 9.18 Å². The predicted octanol–water partition coefficient (Wildman–Crippen LogP) is 10.8. The summed E-state index contributed by atoms with van der Waals surface area (Å²) in [6, 6.07) is 29.9. The zero-order valence-electron chi connectivity index (χ0n) is 49.2. The smallest absolute Gasteiger partial charge is 0.326 e. The minimum atomic E-state index is -1.02. The fourth-order valence-electron chi connectivity index (χ4n) is 10.8. The third-order valence-corrected chi connectivity index (χ3v) is 16.3. The van der Waals surface area contributed by atoms with Crippen molar-refractivity contribution in [2.24, 2.45) is 4.99 Å². The number of carbonyl (C=O) groups excluding carboxylic acids is 2. The number of fused-ring (bicyclic) bond motifs is 1. The second kappa shape index (κ2) is 28.4. The molecule has 4 N–H and O–H groups in total. The first kappa shape index (κ1) is 62.4. The highest BCUT2D eigenvalue weighted by Crippen LogP contribution is 2.54. The number of hydrogen-bond acceptors (Lipinski definition) is 12. The summed E-state index contributed by atoms with van der Waals surface area (Å²) in [4.78, 5) is 47.9. The molecular formula is C65H76Cl2FN10O7+. The second-order valence-corrected chi connectivity index (χ2v) is 23.2. The third kappa shape index (κ3) is 14.8. The monoisotopic (exact) mass is 1200 g/mol. The van der Waals surface area contributed by atoms with Crippen LogP contribution >= 0.6 is 23.2 Å². The van der Waals surface area contributed by atoms with E-state index in [1.807, 2.05) is 101 Å². The van der Waals surface area contributed by atoms with Crippen LogP contribution in [0.15, 0.2) is 133 Å². The highest BCUT2D eigenvalue weighted by molar-refractivity contribution is 6.31. The Hall–Kier alpha value is -7.13. The number of urea groups is 1. The summed E-state index contributed by atoms with van der Waals surface area (Å²) in [5.41, 5.74) is 5.96. The number of carbonyl (C=O) groups is 2. The molecule has 9 rings (SSSR count). The minimum Gasteiger partial charge on any atom is -0.493 e. The summed E-state index contributed by atoms with van der Waals surface area (Å²) in [5.74, 6) is 0.699. The first-order valence-corrected chi connectivity index (χ1v) is 29.6. The number of pyridine rings is 1. The molecule has 2 atom stereocenters. The number of allylic oxidation sites excluding steroid dienone is 1. The van der Waals surface area contributed by atoms with Gasteiger partial charge in [-0.05, 0) is 97.5 Å². The molecule has 20 heteroatoms. The van der Waals surface area contributed by atoms with E-state index in [1.165, 1.54) is 23.0 Å². The number of nitrogens with zero attached hydrogens (tertiary/aromatic N) is 7. The number of rotatable bonds is 26. The molecule has 85 heavy (non-hydrogen) atoms. The molecule has 0 spiro atoms. The lowest BCUT2D eigenvalue weighted by atomic mass is 9.71. The Bertz CT molecular complexity index is 3490. The molecule has 1 saturated heterocycles. The van der Waals surface area contributed by atoms with Crippen molar-refractivity contribution < 1.29 is 43.0 Å². The molecule has 0 radical (unpaired) electrons. The van der Waals surface area contributed by atoms with Crippen molar-refractivity contribution in [3.8, 4) is 16.9 Å². The van der Waals surface area contributed by atoms with Crippen molar-refractivity contribution in [1.82, 2.24) is 34.4 Å². The van der Waals surface area contributed by atoms with E-state index in [4.69, 9.17) is 57.3 Å². The summed E-state index contributed by atoms with van der Waals surface area (Å²) in [7, 11) is 0. The lowest BCUT2D eigenvalue weighted by molar-refractivity contribution is -0.603. The van der Waals surface area contributed by atoms with Gasteiger partial charge in [0.1, 0.15) is 46.9 Å². The number of aromatic nitrogens is 4. The first-order chi connectivity index (χ1) is 41.0. The molecular weight excluding hydrogens is 1120 g/mol. The van der Waals surface area contributed by atoms with Gasteiger partial charge in [-0.15, -0.1) is 0 Å². The molecule has 5 heterocycles. The van der Waals surface area contributed by atoms with E-state index in [2.05, 4.69) is 66.7 Å². The molecule has 2 aliphatic heterocycles. The van der Waals surface area contributed by atoms with Crippen molar-refractivity contribution >= 4 is 63.8 Å². The van der Waals surface area contributed by atoms with Gasteiger partial charge in [-0.1, -0.05) is 86.4 Å². The quantitative estimate of drug-likeness (QED) is 0.0348. The SMILES string of the molecule is CCOc1cc(C(C)(C)C)ccc1C1=NC(C)(c2ccc(Cl)cc2)C(C)(c2ccc(Cl)cc2)N1C(=O)N1CCN(CCOCCOCCOCCOCCC(=O)n2cc(-c3cnc4[nH]cc(C(C=N)=C[NH2+]Cc5cccc(F)c5)c4c3)cn2)CC1. The van der Waals surface area contributed by atoms with Gasteiger partial charge in [-0.3, -0.25) is 19.6 Å². The van der Waals surface area contributed by atoms with Gasteiger partial charge in [-0.25, -0.2) is 18.9 Å². The van der Waals surface area contributed by atoms with Gasteiger partial charge in [0.05, 0.1) is 83.2 Å². The number of ether oxygens (including phenoxy) is 5. The van der Waals surface area contributed by atoms with E-state index >= 15 is 4.79 Å². The van der Waals surface area contributed by atoms with E-state index in [1.54, 1.807) is 24.7 Å². The number of amidine groups is 1. The van der Waals surface area contributed by atoms with Crippen LogP contribution in [-0.4, -0.2) is 151 Å². The summed E-state index contributed by atoms with van der Waals surface area (Å²) in [6.07, 6.45) is 10.1. The van der Waals surface area contributed by atoms with E-state index in [0.29, 0.717) is 125 Å². The van der Waals surface area contributed by atoms with Gasteiger partial charge in [0.15, 0.2) is 0 Å². The topological polar surface area (TPSA) is 189 Å². The maximum atomic E-state index is 15.5. The number of aromatic amines is 1. The number of H-pyrrole nitrogens is 1. The van der Waals surface area contributed by atoms with E-state index in [-0.39, 0.29) is 36.2 Å². The predicted molar refractivity (Wildman–Crippen MR) is 330 cm³/mol. The largest absolute Gasteiger partial charge is 0.493 e. The number of nitrogens with one attached hydrogen (secondary N) is 2. The zero-order chi connectivity index (χ0) is 60.1. The molecule has 0 bridgehead atoms. The number of benzene rings is 4. The van der Waals surface area contributed by atoms with Crippen molar-refractivity contribution in [3.63, 3.8) is 0 Å². The summed E-state index contributed by atoms with van der Waals surface area (Å²) in [6.45, 7) is 19.8. The third-order valence-electron chi connectivity index (χ3n) is 15.8. The van der Waals surface area contributed by atoms with Gasteiger partial charge < -0.3 is 44.3 Å². The van der Waals surface area contributed by atoms with Gasteiger partial charge >= 0.3 is 6.03 Å². The average molecular weight is 1200 g/mol. The highest BCUT2D eigenvalue weighted by atomic mass is 35.5. The molecule has 2 aliphatic rings. The van der Waals surface area contributed by atoms with Gasteiger partial charge in [0.2, 0.25) is 5.91 Å². The van der Waals surface area contributed by atoms with Crippen LogP contribution in [0.25, 0.3) is 27.7 Å². The maximum absolute atomic E-state index is 15.5. The Balaban J connectivity index is 0.684. The Labute approximate surface area is 506 Å². The molecule has 4 aromatic carbocycles. The number of nitrogens with two attached hydrogens (primary N) is 1. The van der Waals surface area contributed by atoms with Crippen molar-refractivity contribution in [1.29, 1.82) is 5.41 Å². The molecule has 17 nitrogen and oxygen atoms in total. The lowest BCUT2D eigenvalue weighted by Gasteiger charge is -2.47. The lowest BCUT2D eigenvalue weighted by Crippen LogP contribution is -2.76. The fraction of sp³-hybridized carbons (Fsp3) is 0.385. The molecule has 0 saturated carbocycles. The van der Waals surface area contributed by atoms with Crippen molar-refractivity contribution in [3.05, 3.63) is 177 Å². The molecule has 2 amide bonds. The Morgan fingerprint density at radius 2 is 1.46 bits per heavy atom. The zero-order valence-corrected chi connectivity index (χ0v) is 50.7. The number of aliphatic imine (C=N–C) groups is 1. The number of quaternary nitrogens is 1. The van der Waals surface area contributed by atoms with Gasteiger partial charge in [-0.2, -0.15) is 5.10 Å². The van der Waals surface area contributed by atoms with Crippen LogP contribution in [0.1, 0.15) is 86.1 Å². The van der Waals surface area contributed by atoms with E-state index in [9.17, 15) is 9.18 Å². The van der Waals surface area contributed by atoms with Crippen LogP contribution in [0, 0.1) is 11.2 Å². The summed E-state index contributed by atoms with van der Waals surface area (Å²) in [5, 5.41) is 16.3. The highest BCUT2D eigenvalue weighted by Gasteiger charge is 2.60. The number of piperazine rings is 1. The van der Waals surface area contributed by atoms with Crippen molar-refractivity contribution in [2.45, 2.75) is 71.0 Å². The normalized spacial score (nSPS) is 17.7. The average Bonchev–Trinajstić information content (AvgIpc) is 1.62. The Morgan fingerprint density at radius 1 is 0.800 bits per heavy atom. The minimum absolute atomic E-state index is 0.135. The van der Waals surface area contributed by atoms with Gasteiger partial charge in [0.25, 0.3) is 0 Å². The second-order valence-electron chi connectivity index (χ2n) is 22.4. The first-order valence-electron chi connectivity index (χ1n) is 28.9. The van der Waals surface area contributed by atoms with E-state index < -0.39 is 11.1 Å². The summed E-state index contributed by atoms with van der Waals surface area (Å²) >= 11 is 13.0. The van der Waals surface area contributed by atoms with Crippen LogP contribution < -0.4 is 10.1 Å². The molecule has 0 aliphatic carbocycles. The van der Waals surface area contributed by atoms with Gasteiger partial charge in [0, 0.05) is 95.2 Å². The molecule has 1 fully saturated rings. The van der Waals surface area contributed by atoms with Crippen molar-refractivity contribution in [2.75, 3.05) is 92.2 Å². The van der Waals surface area contributed by atoms with Crippen LogP contribution in [0.5, 0.6) is 5.75 Å². The van der Waals surface area contributed by atoms with Crippen LogP contribution in [-0.2, 0) is 42.0 Å². The summed E-state index contributed by atoms with van der Waals surface area (Å²) < 4.78 is 44.4. The molecule has 2 unspecified atom stereocenters. The maximum Gasteiger partial charge on any atom is 0.326 e. The number of halogens is 3. The molecule has 7 aromatic rings. The molecule has 3 aromatic heterocycles. The standard InChI is InChI=1S/C65H75Cl2FN10O7/c1-7-85-58-37-51(63(2,3)4)15-20-55(58)61-74-64(5,49-11-16-52(66)17-12-49)65(6,50-13-18-53(67)19-14-50)78(61)62(80)76-24-22-75(23-25-76)26-28-82-30-32-84-34-33-83-31-29-81-27-21-59(79)77-44-48(42-73-77)46-36-56-57(43-72-60(56)71-41-46)47(38-69)40-70-39-45-9-8-10-54(68)35-45/h8-20,35-38,40-44,69-70H,7,21-34,39H2,1-6H3,(H,71,72)/p+1. The fourth-order valence-corrected chi connectivity index (χ4v) is 11.0.